The van der Waals surface area contributed by atoms with Gasteiger partial charge < -0.3 is 14.8 Å². The van der Waals surface area contributed by atoms with Crippen molar-refractivity contribution in [3.8, 4) is 0 Å². The van der Waals surface area contributed by atoms with Crippen molar-refractivity contribution in [1.29, 1.82) is 0 Å². The molecule has 1 aliphatic heterocycles. The lowest BCUT2D eigenvalue weighted by Crippen LogP contribution is -2.39. The SMILES string of the molecule is COC1(CNc2nc3ccc(Br)cn3n2)CCOC1. The minimum atomic E-state index is -0.266. The van der Waals surface area contributed by atoms with Gasteiger partial charge in [0.25, 0.3) is 0 Å². The largest absolute Gasteiger partial charge is 0.378 e. The van der Waals surface area contributed by atoms with Crippen molar-refractivity contribution in [2.24, 2.45) is 0 Å². The van der Waals surface area contributed by atoms with Gasteiger partial charge in [0, 0.05) is 37.4 Å². The highest BCUT2D eigenvalue weighted by atomic mass is 79.9. The predicted octanol–water partition coefficient (Wildman–Crippen LogP) is 1.71. The molecule has 1 unspecified atom stereocenters. The van der Waals surface area contributed by atoms with Crippen LogP contribution in [0.4, 0.5) is 5.95 Å². The van der Waals surface area contributed by atoms with E-state index in [2.05, 4.69) is 31.3 Å². The first-order chi connectivity index (χ1) is 9.21. The van der Waals surface area contributed by atoms with Crippen molar-refractivity contribution in [1.82, 2.24) is 14.6 Å². The maximum Gasteiger partial charge on any atom is 0.243 e. The molecule has 7 heteroatoms. The first-order valence-corrected chi connectivity index (χ1v) is 6.89. The Morgan fingerprint density at radius 3 is 3.21 bits per heavy atom. The minimum Gasteiger partial charge on any atom is -0.378 e. The number of nitrogens with one attached hydrogen (secondary N) is 1. The number of nitrogens with zero attached hydrogens (tertiary/aromatic N) is 3. The molecular formula is C12H15BrN4O2. The minimum absolute atomic E-state index is 0.266. The van der Waals surface area contributed by atoms with Crippen LogP contribution in [0.15, 0.2) is 22.8 Å². The van der Waals surface area contributed by atoms with Gasteiger partial charge in [-0.25, -0.2) is 4.52 Å². The van der Waals surface area contributed by atoms with E-state index in [-0.39, 0.29) is 5.60 Å². The van der Waals surface area contributed by atoms with Crippen molar-refractivity contribution < 1.29 is 9.47 Å². The second-order valence-corrected chi connectivity index (χ2v) is 5.54. The van der Waals surface area contributed by atoms with Crippen molar-refractivity contribution in [3.05, 3.63) is 22.8 Å². The molecule has 6 nitrogen and oxygen atoms in total. The van der Waals surface area contributed by atoms with Gasteiger partial charge in [-0.1, -0.05) is 0 Å². The van der Waals surface area contributed by atoms with Gasteiger partial charge >= 0.3 is 0 Å². The molecule has 19 heavy (non-hydrogen) atoms. The number of ether oxygens (including phenoxy) is 2. The average Bonchev–Trinajstić information content (AvgIpc) is 3.02. The van der Waals surface area contributed by atoms with Gasteiger partial charge in [0.1, 0.15) is 5.60 Å². The number of anilines is 1. The second kappa shape index (κ2) is 5.07. The second-order valence-electron chi connectivity index (χ2n) is 4.63. The van der Waals surface area contributed by atoms with Gasteiger partial charge in [0.15, 0.2) is 5.65 Å². The summed E-state index contributed by atoms with van der Waals surface area (Å²) in [6, 6.07) is 3.85. The van der Waals surface area contributed by atoms with E-state index < -0.39 is 0 Å². The molecule has 0 spiro atoms. The van der Waals surface area contributed by atoms with Gasteiger partial charge in [-0.3, -0.25) is 0 Å². The molecule has 0 bridgehead atoms. The Morgan fingerprint density at radius 1 is 1.58 bits per heavy atom. The van der Waals surface area contributed by atoms with Crippen molar-refractivity contribution in [3.63, 3.8) is 0 Å². The fraction of sp³-hybridized carbons (Fsp3) is 0.500. The molecule has 1 aliphatic rings. The smallest absolute Gasteiger partial charge is 0.243 e. The van der Waals surface area contributed by atoms with Gasteiger partial charge in [-0.15, -0.1) is 5.10 Å². The van der Waals surface area contributed by atoms with E-state index in [0.717, 1.165) is 23.1 Å². The zero-order chi connectivity index (χ0) is 13.3. The van der Waals surface area contributed by atoms with E-state index in [4.69, 9.17) is 9.47 Å². The molecule has 3 rings (SSSR count). The topological polar surface area (TPSA) is 60.7 Å². The van der Waals surface area contributed by atoms with Crippen LogP contribution in [0.5, 0.6) is 0 Å². The van der Waals surface area contributed by atoms with Gasteiger partial charge in [0.2, 0.25) is 5.95 Å². The number of rotatable bonds is 4. The molecule has 1 saturated heterocycles. The molecule has 102 valence electrons. The molecule has 1 fully saturated rings. The number of halogens is 1. The fourth-order valence-electron chi connectivity index (χ4n) is 2.13. The van der Waals surface area contributed by atoms with E-state index in [1.807, 2.05) is 18.3 Å². The summed E-state index contributed by atoms with van der Waals surface area (Å²) >= 11 is 3.41. The van der Waals surface area contributed by atoms with Gasteiger partial charge in [0.05, 0.1) is 6.61 Å². The first kappa shape index (κ1) is 12.8. The number of hydrogen-bond acceptors (Lipinski definition) is 5. The molecule has 0 aromatic carbocycles. The third-order valence-corrected chi connectivity index (χ3v) is 3.83. The Kier molecular flexibility index (Phi) is 3.42. The molecule has 0 saturated carbocycles. The highest BCUT2D eigenvalue weighted by Crippen LogP contribution is 2.22. The Morgan fingerprint density at radius 2 is 2.47 bits per heavy atom. The molecule has 2 aromatic heterocycles. The van der Waals surface area contributed by atoms with Gasteiger partial charge in [-0.2, -0.15) is 4.98 Å². The summed E-state index contributed by atoms with van der Waals surface area (Å²) in [6.07, 6.45) is 2.76. The number of methoxy groups -OCH3 is 1. The zero-order valence-electron chi connectivity index (χ0n) is 10.6. The summed E-state index contributed by atoms with van der Waals surface area (Å²) in [5.74, 6) is 0.599. The standard InChI is InChI=1S/C12H15BrN4O2/c1-18-12(4-5-19-8-12)7-14-11-15-10-3-2-9(13)6-17(10)16-11/h2-3,6H,4-5,7-8H2,1H3,(H,14,16). The Hall–Kier alpha value is -1.18. The first-order valence-electron chi connectivity index (χ1n) is 6.09. The van der Waals surface area contributed by atoms with Crippen molar-refractivity contribution in [2.45, 2.75) is 12.0 Å². The third kappa shape index (κ3) is 2.58. The number of pyridine rings is 1. The number of fused-ring (bicyclic) bond motifs is 1. The summed E-state index contributed by atoms with van der Waals surface area (Å²) in [4.78, 5) is 4.40. The Labute approximate surface area is 119 Å². The van der Waals surface area contributed by atoms with E-state index >= 15 is 0 Å². The van der Waals surface area contributed by atoms with E-state index in [1.165, 1.54) is 0 Å². The number of aromatic nitrogens is 3. The molecule has 1 N–H and O–H groups in total. The third-order valence-electron chi connectivity index (χ3n) is 3.36. The van der Waals surface area contributed by atoms with Crippen LogP contribution in [0.2, 0.25) is 0 Å². The highest BCUT2D eigenvalue weighted by molar-refractivity contribution is 9.10. The summed E-state index contributed by atoms with van der Waals surface area (Å²) in [5, 5.41) is 7.59. The average molecular weight is 327 g/mol. The zero-order valence-corrected chi connectivity index (χ0v) is 12.2. The molecule has 3 heterocycles. The molecule has 1 atom stereocenters. The maximum absolute atomic E-state index is 5.56. The number of hydrogen-bond donors (Lipinski definition) is 1. The fourth-order valence-corrected chi connectivity index (χ4v) is 2.46. The Balaban J connectivity index is 1.74. The van der Waals surface area contributed by atoms with Crippen LogP contribution in [0.1, 0.15) is 6.42 Å². The molecule has 0 amide bonds. The maximum atomic E-state index is 5.56. The van der Waals surface area contributed by atoms with E-state index in [1.54, 1.807) is 11.6 Å². The van der Waals surface area contributed by atoms with Crippen molar-refractivity contribution in [2.75, 3.05) is 32.2 Å². The molecule has 0 aliphatic carbocycles. The summed E-state index contributed by atoms with van der Waals surface area (Å²) < 4.78 is 13.7. The lowest BCUT2D eigenvalue weighted by atomic mass is 10.0. The lowest BCUT2D eigenvalue weighted by molar-refractivity contribution is -0.00630. The molecular weight excluding hydrogens is 312 g/mol. The Bertz CT molecular complexity index is 580. The normalized spacial score (nSPS) is 23.1. The van der Waals surface area contributed by atoms with Crippen LogP contribution in [-0.2, 0) is 9.47 Å². The van der Waals surface area contributed by atoms with Crippen LogP contribution in [0, 0.1) is 0 Å². The lowest BCUT2D eigenvalue weighted by Gasteiger charge is -2.25. The summed E-state index contributed by atoms with van der Waals surface area (Å²) in [5.41, 5.74) is 0.540. The predicted molar refractivity (Wildman–Crippen MR) is 74.4 cm³/mol. The van der Waals surface area contributed by atoms with Crippen LogP contribution < -0.4 is 5.32 Å². The van der Waals surface area contributed by atoms with Crippen molar-refractivity contribution >= 4 is 27.5 Å². The highest BCUT2D eigenvalue weighted by Gasteiger charge is 2.35. The van der Waals surface area contributed by atoms with Crippen LogP contribution in [0.3, 0.4) is 0 Å². The monoisotopic (exact) mass is 326 g/mol. The summed E-state index contributed by atoms with van der Waals surface area (Å²) in [6.45, 7) is 1.98. The van der Waals surface area contributed by atoms with Gasteiger partial charge in [-0.05, 0) is 28.1 Å². The molecule has 2 aromatic rings. The van der Waals surface area contributed by atoms with Crippen LogP contribution in [-0.4, -0.2) is 47.1 Å². The van der Waals surface area contributed by atoms with E-state index in [0.29, 0.717) is 19.1 Å². The van der Waals surface area contributed by atoms with Crippen LogP contribution >= 0.6 is 15.9 Å². The summed E-state index contributed by atoms with van der Waals surface area (Å²) in [7, 11) is 1.71. The van der Waals surface area contributed by atoms with E-state index in [9.17, 15) is 0 Å². The molecule has 0 radical (unpaired) electrons. The quantitative estimate of drug-likeness (QED) is 0.926. The van der Waals surface area contributed by atoms with Crippen LogP contribution in [0.25, 0.3) is 5.65 Å².